The SMILES string of the molecule is Cc1ccccc1CC(=O)Nc1ccc2c(c1)CCC(=O)N2C. The number of anilines is 2. The van der Waals surface area contributed by atoms with Gasteiger partial charge in [-0.15, -0.1) is 0 Å². The molecule has 2 aromatic carbocycles. The van der Waals surface area contributed by atoms with Gasteiger partial charge in [-0.2, -0.15) is 0 Å². The zero-order valence-corrected chi connectivity index (χ0v) is 13.4. The summed E-state index contributed by atoms with van der Waals surface area (Å²) in [5.74, 6) is 0.105. The molecule has 2 aromatic rings. The number of fused-ring (bicyclic) bond motifs is 1. The van der Waals surface area contributed by atoms with Gasteiger partial charge in [0.15, 0.2) is 0 Å². The van der Waals surface area contributed by atoms with E-state index in [1.165, 1.54) is 0 Å². The lowest BCUT2D eigenvalue weighted by atomic mass is 10.0. The molecule has 1 aliphatic heterocycles. The van der Waals surface area contributed by atoms with Crippen molar-refractivity contribution in [2.45, 2.75) is 26.2 Å². The Bertz CT molecular complexity index is 768. The lowest BCUT2D eigenvalue weighted by Gasteiger charge is -2.26. The fourth-order valence-corrected chi connectivity index (χ4v) is 2.92. The number of nitrogens with one attached hydrogen (secondary N) is 1. The van der Waals surface area contributed by atoms with E-state index < -0.39 is 0 Å². The van der Waals surface area contributed by atoms with E-state index in [9.17, 15) is 9.59 Å². The molecule has 4 nitrogen and oxygen atoms in total. The molecule has 23 heavy (non-hydrogen) atoms. The molecule has 0 saturated carbocycles. The number of carbonyl (C=O) groups is 2. The fourth-order valence-electron chi connectivity index (χ4n) is 2.92. The Balaban J connectivity index is 1.72. The zero-order valence-electron chi connectivity index (χ0n) is 13.4. The molecular formula is C19H20N2O2. The summed E-state index contributed by atoms with van der Waals surface area (Å²) in [4.78, 5) is 25.6. The van der Waals surface area contributed by atoms with Crippen LogP contribution in [0.5, 0.6) is 0 Å². The van der Waals surface area contributed by atoms with Gasteiger partial charge in [0.25, 0.3) is 0 Å². The highest BCUT2D eigenvalue weighted by Gasteiger charge is 2.21. The Hall–Kier alpha value is -2.62. The summed E-state index contributed by atoms with van der Waals surface area (Å²) in [5.41, 5.74) is 4.96. The van der Waals surface area contributed by atoms with Crippen molar-refractivity contribution in [1.29, 1.82) is 0 Å². The average molecular weight is 308 g/mol. The lowest BCUT2D eigenvalue weighted by Crippen LogP contribution is -2.31. The molecule has 1 aliphatic rings. The summed E-state index contributed by atoms with van der Waals surface area (Å²) >= 11 is 0. The van der Waals surface area contributed by atoms with Gasteiger partial charge in [0.1, 0.15) is 0 Å². The van der Waals surface area contributed by atoms with Gasteiger partial charge < -0.3 is 10.2 Å². The van der Waals surface area contributed by atoms with Crippen molar-refractivity contribution >= 4 is 23.2 Å². The maximum Gasteiger partial charge on any atom is 0.228 e. The van der Waals surface area contributed by atoms with Crippen LogP contribution in [0.3, 0.4) is 0 Å². The second-order valence-corrected chi connectivity index (χ2v) is 5.95. The van der Waals surface area contributed by atoms with E-state index in [2.05, 4.69) is 5.32 Å². The number of rotatable bonds is 3. The number of benzene rings is 2. The smallest absolute Gasteiger partial charge is 0.228 e. The van der Waals surface area contributed by atoms with Gasteiger partial charge in [-0.05, 0) is 48.2 Å². The number of hydrogen-bond acceptors (Lipinski definition) is 2. The van der Waals surface area contributed by atoms with E-state index in [0.717, 1.165) is 34.5 Å². The average Bonchev–Trinajstić information content (AvgIpc) is 2.53. The normalized spacial score (nSPS) is 13.7. The Labute approximate surface area is 136 Å². The van der Waals surface area contributed by atoms with Gasteiger partial charge >= 0.3 is 0 Å². The minimum atomic E-state index is -0.0282. The first-order chi connectivity index (χ1) is 11.0. The first-order valence-corrected chi connectivity index (χ1v) is 7.78. The largest absolute Gasteiger partial charge is 0.326 e. The summed E-state index contributed by atoms with van der Waals surface area (Å²) < 4.78 is 0. The van der Waals surface area contributed by atoms with Crippen molar-refractivity contribution < 1.29 is 9.59 Å². The molecule has 0 unspecified atom stereocenters. The summed E-state index contributed by atoms with van der Waals surface area (Å²) in [6.45, 7) is 2.01. The molecule has 0 aliphatic carbocycles. The molecule has 1 heterocycles. The van der Waals surface area contributed by atoms with Crippen LogP contribution >= 0.6 is 0 Å². The van der Waals surface area contributed by atoms with Gasteiger partial charge in [-0.1, -0.05) is 24.3 Å². The highest BCUT2D eigenvalue weighted by molar-refractivity contribution is 5.97. The second kappa shape index (κ2) is 6.24. The van der Waals surface area contributed by atoms with Crippen LogP contribution in [-0.4, -0.2) is 18.9 Å². The molecule has 0 saturated heterocycles. The standard InChI is InChI=1S/C19H20N2O2/c1-13-5-3-4-6-14(13)12-18(22)20-16-8-9-17-15(11-16)7-10-19(23)21(17)2/h3-6,8-9,11H,7,10,12H2,1-2H3,(H,20,22). The van der Waals surface area contributed by atoms with Crippen LogP contribution in [0, 0.1) is 6.92 Å². The molecule has 0 fully saturated rings. The third-order valence-corrected chi connectivity index (χ3v) is 4.32. The molecule has 1 N–H and O–H groups in total. The van der Waals surface area contributed by atoms with Crippen LogP contribution < -0.4 is 10.2 Å². The summed E-state index contributed by atoms with van der Waals surface area (Å²) in [7, 11) is 1.79. The highest BCUT2D eigenvalue weighted by atomic mass is 16.2. The van der Waals surface area contributed by atoms with E-state index in [1.54, 1.807) is 11.9 Å². The van der Waals surface area contributed by atoms with E-state index >= 15 is 0 Å². The fraction of sp³-hybridized carbons (Fsp3) is 0.263. The maximum atomic E-state index is 12.2. The second-order valence-electron chi connectivity index (χ2n) is 5.95. The molecule has 3 rings (SSSR count). The molecule has 0 aromatic heterocycles. The van der Waals surface area contributed by atoms with Crippen molar-refractivity contribution in [2.24, 2.45) is 0 Å². The summed E-state index contributed by atoms with van der Waals surface area (Å²) in [6, 6.07) is 13.6. The topological polar surface area (TPSA) is 49.4 Å². The van der Waals surface area contributed by atoms with E-state index in [-0.39, 0.29) is 11.8 Å². The van der Waals surface area contributed by atoms with Crippen LogP contribution in [-0.2, 0) is 22.4 Å². The predicted octanol–water partition coefficient (Wildman–Crippen LogP) is 3.09. The van der Waals surface area contributed by atoms with Crippen LogP contribution in [0.15, 0.2) is 42.5 Å². The molecule has 2 amide bonds. The quantitative estimate of drug-likeness (QED) is 0.947. The van der Waals surface area contributed by atoms with Crippen LogP contribution in [0.2, 0.25) is 0 Å². The molecule has 0 spiro atoms. The number of nitrogens with zero attached hydrogens (tertiary/aromatic N) is 1. The number of aryl methyl sites for hydroxylation is 2. The molecule has 118 valence electrons. The maximum absolute atomic E-state index is 12.2. The Kier molecular flexibility index (Phi) is 4.15. The van der Waals surface area contributed by atoms with Gasteiger partial charge in [-0.25, -0.2) is 0 Å². The lowest BCUT2D eigenvalue weighted by molar-refractivity contribution is -0.118. The third kappa shape index (κ3) is 3.26. The first-order valence-electron chi connectivity index (χ1n) is 7.78. The van der Waals surface area contributed by atoms with Gasteiger partial charge in [0.05, 0.1) is 6.42 Å². The molecule has 0 bridgehead atoms. The minimum Gasteiger partial charge on any atom is -0.326 e. The highest BCUT2D eigenvalue weighted by Crippen LogP contribution is 2.29. The van der Waals surface area contributed by atoms with E-state index in [0.29, 0.717) is 12.8 Å². The van der Waals surface area contributed by atoms with Crippen LogP contribution in [0.1, 0.15) is 23.1 Å². The van der Waals surface area contributed by atoms with Crippen LogP contribution in [0.4, 0.5) is 11.4 Å². The van der Waals surface area contributed by atoms with Crippen molar-refractivity contribution in [3.05, 3.63) is 59.2 Å². The zero-order chi connectivity index (χ0) is 16.4. The molecule has 0 radical (unpaired) electrons. The van der Waals surface area contributed by atoms with Crippen LogP contribution in [0.25, 0.3) is 0 Å². The Morgan fingerprint density at radius 1 is 1.17 bits per heavy atom. The predicted molar refractivity (Wildman–Crippen MR) is 91.7 cm³/mol. The minimum absolute atomic E-state index is 0.0282. The number of carbonyl (C=O) groups excluding carboxylic acids is 2. The molecule has 0 atom stereocenters. The summed E-state index contributed by atoms with van der Waals surface area (Å²) in [5, 5.41) is 2.95. The van der Waals surface area contributed by atoms with E-state index in [4.69, 9.17) is 0 Å². The van der Waals surface area contributed by atoms with Crippen molar-refractivity contribution in [3.8, 4) is 0 Å². The Morgan fingerprint density at radius 3 is 2.74 bits per heavy atom. The monoisotopic (exact) mass is 308 g/mol. The van der Waals surface area contributed by atoms with Gasteiger partial charge in [-0.3, -0.25) is 9.59 Å². The molecular weight excluding hydrogens is 288 g/mol. The summed E-state index contributed by atoms with van der Waals surface area (Å²) in [6.07, 6.45) is 1.60. The van der Waals surface area contributed by atoms with Gasteiger partial charge in [0, 0.05) is 24.8 Å². The first kappa shape index (κ1) is 15.3. The number of amides is 2. The van der Waals surface area contributed by atoms with Gasteiger partial charge in [0.2, 0.25) is 11.8 Å². The number of hydrogen-bond donors (Lipinski definition) is 1. The van der Waals surface area contributed by atoms with Crippen molar-refractivity contribution in [3.63, 3.8) is 0 Å². The van der Waals surface area contributed by atoms with E-state index in [1.807, 2.05) is 49.4 Å². The van der Waals surface area contributed by atoms with Crippen molar-refractivity contribution in [1.82, 2.24) is 0 Å². The van der Waals surface area contributed by atoms with Crippen molar-refractivity contribution in [2.75, 3.05) is 17.3 Å². The third-order valence-electron chi connectivity index (χ3n) is 4.32. The Morgan fingerprint density at radius 2 is 1.96 bits per heavy atom. The molecule has 4 heteroatoms.